The fourth-order valence-electron chi connectivity index (χ4n) is 2.15. The van der Waals surface area contributed by atoms with E-state index in [0.29, 0.717) is 15.9 Å². The average Bonchev–Trinajstić information content (AvgIpc) is 2.41. The van der Waals surface area contributed by atoms with Crippen molar-refractivity contribution in [3.8, 4) is 0 Å². The molecule has 6 heteroatoms. The Kier molecular flexibility index (Phi) is 2.93. The first-order valence-electron chi connectivity index (χ1n) is 5.88. The third-order valence-corrected chi connectivity index (χ3v) is 3.34. The highest BCUT2D eigenvalue weighted by atomic mass is 35.5. The van der Waals surface area contributed by atoms with Crippen LogP contribution in [0.3, 0.4) is 0 Å². The molecule has 0 atom stereocenters. The van der Waals surface area contributed by atoms with Gasteiger partial charge in [-0.3, -0.25) is 4.79 Å². The summed E-state index contributed by atoms with van der Waals surface area (Å²) in [6, 6.07) is 5.18. The number of hydrogen-bond acceptors (Lipinski definition) is 4. The fraction of sp³-hybridized carbons (Fsp3) is 0.333. The van der Waals surface area contributed by atoms with Crippen LogP contribution in [0.2, 0.25) is 5.02 Å². The minimum Gasteiger partial charge on any atom is -0.313 e. The van der Waals surface area contributed by atoms with Gasteiger partial charge in [0.05, 0.1) is 10.9 Å². The first-order valence-corrected chi connectivity index (χ1v) is 6.26. The molecular weight excluding hydrogens is 252 g/mol. The molecule has 1 fully saturated rings. The second-order valence-corrected chi connectivity index (χ2v) is 4.70. The Hall–Kier alpha value is -1.59. The van der Waals surface area contributed by atoms with Crippen LogP contribution in [0.4, 0.5) is 0 Å². The minimum absolute atomic E-state index is 0.0654. The smallest absolute Gasteiger partial charge is 0.279 e. The zero-order valence-electron chi connectivity index (χ0n) is 9.77. The van der Waals surface area contributed by atoms with E-state index in [1.165, 1.54) is 0 Å². The van der Waals surface area contributed by atoms with Crippen LogP contribution in [0.1, 0.15) is 0 Å². The summed E-state index contributed by atoms with van der Waals surface area (Å²) in [6.45, 7) is 3.35. The van der Waals surface area contributed by atoms with Crippen LogP contribution >= 0.6 is 11.6 Å². The Bertz CT molecular complexity index is 634. The predicted molar refractivity (Wildman–Crippen MR) is 71.8 cm³/mol. The van der Waals surface area contributed by atoms with Crippen LogP contribution in [0.25, 0.3) is 10.9 Å². The van der Waals surface area contributed by atoms with Crippen molar-refractivity contribution in [1.82, 2.24) is 15.0 Å². The largest absolute Gasteiger partial charge is 0.313 e. The number of nitrogens with zero attached hydrogens (tertiary/aromatic N) is 3. The molecule has 1 aromatic carbocycles. The second kappa shape index (κ2) is 4.59. The van der Waals surface area contributed by atoms with E-state index < -0.39 is 0 Å². The second-order valence-electron chi connectivity index (χ2n) is 4.26. The third kappa shape index (κ3) is 1.95. The normalized spacial score (nSPS) is 16.2. The van der Waals surface area contributed by atoms with Gasteiger partial charge in [0.15, 0.2) is 0 Å². The summed E-state index contributed by atoms with van der Waals surface area (Å²) in [4.78, 5) is 16.7. The number of aromatic nitrogens is 2. The van der Waals surface area contributed by atoms with Crippen LogP contribution in [0, 0.1) is 0 Å². The molecule has 94 valence electrons. The molecule has 0 amide bonds. The number of hydrogen-bond donors (Lipinski definition) is 1. The van der Waals surface area contributed by atoms with E-state index >= 15 is 0 Å². The molecule has 2 aromatic rings. The van der Waals surface area contributed by atoms with Gasteiger partial charge in [-0.15, -0.1) is 0 Å². The van der Waals surface area contributed by atoms with Crippen molar-refractivity contribution >= 4 is 22.5 Å². The van der Waals surface area contributed by atoms with Crippen LogP contribution in [-0.4, -0.2) is 35.8 Å². The topological polar surface area (TPSA) is 50.2 Å². The van der Waals surface area contributed by atoms with Crippen LogP contribution in [0.15, 0.2) is 29.3 Å². The van der Waals surface area contributed by atoms with Gasteiger partial charge in [-0.25, -0.2) is 9.66 Å². The SMILES string of the molecule is O=c1c2cc(Cl)ccc2ncn1N1CCNCC1. The lowest BCUT2D eigenvalue weighted by Crippen LogP contribution is -2.52. The molecule has 1 aliphatic heterocycles. The number of benzene rings is 1. The number of piperazine rings is 1. The van der Waals surface area contributed by atoms with Gasteiger partial charge >= 0.3 is 0 Å². The van der Waals surface area contributed by atoms with Crippen LogP contribution in [0.5, 0.6) is 0 Å². The molecular formula is C12H13ClN4O. The number of fused-ring (bicyclic) bond motifs is 1. The van der Waals surface area contributed by atoms with E-state index in [-0.39, 0.29) is 5.56 Å². The molecule has 0 aliphatic carbocycles. The first-order chi connectivity index (χ1) is 8.75. The van der Waals surface area contributed by atoms with Gasteiger partial charge in [-0.2, -0.15) is 0 Å². The molecule has 0 bridgehead atoms. The van der Waals surface area contributed by atoms with E-state index in [9.17, 15) is 4.79 Å². The lowest BCUT2D eigenvalue weighted by atomic mass is 10.2. The molecule has 5 nitrogen and oxygen atoms in total. The van der Waals surface area contributed by atoms with Gasteiger partial charge in [0.2, 0.25) is 0 Å². The Morgan fingerprint density at radius 1 is 1.28 bits per heavy atom. The van der Waals surface area contributed by atoms with Crippen molar-refractivity contribution in [2.24, 2.45) is 0 Å². The van der Waals surface area contributed by atoms with Gasteiger partial charge in [0, 0.05) is 31.2 Å². The Balaban J connectivity index is 2.13. The highest BCUT2D eigenvalue weighted by Crippen LogP contribution is 2.14. The molecule has 1 aromatic heterocycles. The number of halogens is 1. The molecule has 1 saturated heterocycles. The monoisotopic (exact) mass is 264 g/mol. The van der Waals surface area contributed by atoms with Crippen molar-refractivity contribution in [2.75, 3.05) is 31.2 Å². The van der Waals surface area contributed by atoms with Gasteiger partial charge < -0.3 is 10.3 Å². The standard InChI is InChI=1S/C12H13ClN4O/c13-9-1-2-11-10(7-9)12(18)17(8-15-11)16-5-3-14-4-6-16/h1-2,7-8,14H,3-6H2. The average molecular weight is 265 g/mol. The van der Waals surface area contributed by atoms with Gasteiger partial charge in [0.1, 0.15) is 6.33 Å². The molecule has 0 radical (unpaired) electrons. The summed E-state index contributed by atoms with van der Waals surface area (Å²) in [5.74, 6) is 0. The van der Waals surface area contributed by atoms with E-state index in [0.717, 1.165) is 26.2 Å². The van der Waals surface area contributed by atoms with E-state index in [1.807, 2.05) is 5.01 Å². The third-order valence-electron chi connectivity index (χ3n) is 3.10. The quantitative estimate of drug-likeness (QED) is 0.819. The van der Waals surface area contributed by atoms with E-state index in [1.54, 1.807) is 29.2 Å². The molecule has 2 heterocycles. The molecule has 0 saturated carbocycles. The fourth-order valence-corrected chi connectivity index (χ4v) is 2.33. The van der Waals surface area contributed by atoms with E-state index in [4.69, 9.17) is 11.6 Å². The number of nitrogens with one attached hydrogen (secondary N) is 1. The molecule has 0 unspecified atom stereocenters. The summed E-state index contributed by atoms with van der Waals surface area (Å²) in [5.41, 5.74) is 0.611. The van der Waals surface area contributed by atoms with Gasteiger partial charge in [-0.1, -0.05) is 11.6 Å². The molecule has 0 spiro atoms. The summed E-state index contributed by atoms with van der Waals surface area (Å²) in [6.07, 6.45) is 1.59. The first kappa shape index (κ1) is 11.5. The Labute approximate surface area is 109 Å². The molecule has 3 rings (SSSR count). The molecule has 1 aliphatic rings. The van der Waals surface area contributed by atoms with E-state index in [2.05, 4.69) is 10.3 Å². The number of rotatable bonds is 1. The van der Waals surface area contributed by atoms with Crippen molar-refractivity contribution in [3.63, 3.8) is 0 Å². The molecule has 1 N–H and O–H groups in total. The maximum atomic E-state index is 12.4. The zero-order chi connectivity index (χ0) is 12.5. The van der Waals surface area contributed by atoms with Crippen molar-refractivity contribution in [1.29, 1.82) is 0 Å². The highest BCUT2D eigenvalue weighted by molar-refractivity contribution is 6.31. The van der Waals surface area contributed by atoms with Crippen molar-refractivity contribution < 1.29 is 0 Å². The minimum atomic E-state index is -0.0654. The Morgan fingerprint density at radius 2 is 2.06 bits per heavy atom. The summed E-state index contributed by atoms with van der Waals surface area (Å²) in [5, 5.41) is 6.36. The maximum Gasteiger partial charge on any atom is 0.279 e. The van der Waals surface area contributed by atoms with Gasteiger partial charge in [0.25, 0.3) is 5.56 Å². The lowest BCUT2D eigenvalue weighted by molar-refractivity contribution is 0.480. The zero-order valence-corrected chi connectivity index (χ0v) is 10.5. The molecule has 18 heavy (non-hydrogen) atoms. The summed E-state index contributed by atoms with van der Waals surface area (Å²) < 4.78 is 1.58. The lowest BCUT2D eigenvalue weighted by Gasteiger charge is -2.30. The summed E-state index contributed by atoms with van der Waals surface area (Å²) in [7, 11) is 0. The van der Waals surface area contributed by atoms with Crippen molar-refractivity contribution in [3.05, 3.63) is 39.9 Å². The van der Waals surface area contributed by atoms with Gasteiger partial charge in [-0.05, 0) is 18.2 Å². The van der Waals surface area contributed by atoms with Crippen molar-refractivity contribution in [2.45, 2.75) is 0 Å². The van der Waals surface area contributed by atoms with Crippen LogP contribution in [-0.2, 0) is 0 Å². The maximum absolute atomic E-state index is 12.4. The predicted octanol–water partition coefficient (Wildman–Crippen LogP) is 0.591. The van der Waals surface area contributed by atoms with Crippen LogP contribution < -0.4 is 15.9 Å². The highest BCUT2D eigenvalue weighted by Gasteiger charge is 2.13. The summed E-state index contributed by atoms with van der Waals surface area (Å²) >= 11 is 5.93. The Morgan fingerprint density at radius 3 is 2.83 bits per heavy atom.